The predicted molar refractivity (Wildman–Crippen MR) is 141 cm³/mol. The van der Waals surface area contributed by atoms with E-state index in [-0.39, 0.29) is 23.5 Å². The van der Waals surface area contributed by atoms with Crippen LogP contribution >= 0.6 is 0 Å². The molecule has 4 heterocycles. The molecule has 2 fully saturated rings. The highest BCUT2D eigenvalue weighted by molar-refractivity contribution is 5.97. The number of benzene rings is 2. The van der Waals surface area contributed by atoms with Crippen molar-refractivity contribution in [3.05, 3.63) is 77.1 Å². The van der Waals surface area contributed by atoms with Gasteiger partial charge in [-0.05, 0) is 72.9 Å². The summed E-state index contributed by atoms with van der Waals surface area (Å²) in [7, 11) is 1.93. The standard InChI is InChI=1S/C30H30N6O/c1-35-25-14-24(26-20(17-5-2-6-17)7-3-8-21(26)28(35)37)36-23-13-18(9-10-22(23)34-27(25)36)19-15-32-29(33-16-19)30(31)11-4-12-30/h3,7-10,13,15-17,24-25H,2,4-6,11-12,14,31H2,1H3/t24-,25-/m1/s1. The summed E-state index contributed by atoms with van der Waals surface area (Å²) in [5, 5.41) is 0. The zero-order valence-electron chi connectivity index (χ0n) is 21.0. The summed E-state index contributed by atoms with van der Waals surface area (Å²) in [5.41, 5.74) is 13.6. The van der Waals surface area contributed by atoms with Crippen molar-refractivity contribution in [3.8, 4) is 11.1 Å². The van der Waals surface area contributed by atoms with Crippen molar-refractivity contribution in [1.29, 1.82) is 0 Å². The normalized spacial score (nSPS) is 23.8. The summed E-state index contributed by atoms with van der Waals surface area (Å²) in [6, 6.07) is 12.8. The highest BCUT2D eigenvalue weighted by Crippen LogP contribution is 2.51. The number of rotatable bonds is 3. The van der Waals surface area contributed by atoms with Crippen LogP contribution in [0.15, 0.2) is 48.8 Å². The molecule has 2 N–H and O–H groups in total. The van der Waals surface area contributed by atoms with Gasteiger partial charge in [0.2, 0.25) is 0 Å². The first kappa shape index (κ1) is 21.5. The molecule has 0 spiro atoms. The Hall–Kier alpha value is -3.58. The minimum atomic E-state index is -0.361. The van der Waals surface area contributed by atoms with Gasteiger partial charge in [0.25, 0.3) is 5.91 Å². The minimum absolute atomic E-state index is 0.0270. The fourth-order valence-electron chi connectivity index (χ4n) is 6.92. The molecule has 7 heteroatoms. The monoisotopic (exact) mass is 490 g/mol. The molecule has 8 rings (SSSR count). The van der Waals surface area contributed by atoms with Gasteiger partial charge in [-0.1, -0.05) is 24.6 Å². The molecule has 2 aliphatic carbocycles. The van der Waals surface area contributed by atoms with Crippen molar-refractivity contribution < 1.29 is 4.79 Å². The fraction of sp³-hybridized carbons (Fsp3) is 0.400. The molecule has 7 nitrogen and oxygen atoms in total. The Labute approximate surface area is 215 Å². The number of hydrogen-bond acceptors (Lipinski definition) is 5. The van der Waals surface area contributed by atoms with Gasteiger partial charge >= 0.3 is 0 Å². The molecule has 37 heavy (non-hydrogen) atoms. The second-order valence-electron chi connectivity index (χ2n) is 11.5. The number of imidazole rings is 1. The Bertz CT molecular complexity index is 1580. The molecule has 2 aromatic carbocycles. The van der Waals surface area contributed by atoms with Gasteiger partial charge in [0.05, 0.1) is 28.7 Å². The van der Waals surface area contributed by atoms with E-state index in [9.17, 15) is 4.79 Å². The van der Waals surface area contributed by atoms with Crippen molar-refractivity contribution in [2.24, 2.45) is 5.73 Å². The van der Waals surface area contributed by atoms with Gasteiger partial charge in [-0.2, -0.15) is 0 Å². The molecular weight excluding hydrogens is 460 g/mol. The van der Waals surface area contributed by atoms with Crippen LogP contribution in [0, 0.1) is 0 Å². The van der Waals surface area contributed by atoms with Gasteiger partial charge < -0.3 is 15.2 Å². The summed E-state index contributed by atoms with van der Waals surface area (Å²) < 4.78 is 2.41. The zero-order valence-corrected chi connectivity index (χ0v) is 21.0. The third kappa shape index (κ3) is 2.92. The minimum Gasteiger partial charge on any atom is -0.331 e. The van der Waals surface area contributed by atoms with E-state index in [0.29, 0.717) is 5.92 Å². The summed E-state index contributed by atoms with van der Waals surface area (Å²) >= 11 is 0. The van der Waals surface area contributed by atoms with E-state index in [1.807, 2.05) is 30.4 Å². The van der Waals surface area contributed by atoms with E-state index in [1.54, 1.807) is 0 Å². The van der Waals surface area contributed by atoms with Gasteiger partial charge in [-0.25, -0.2) is 15.0 Å². The lowest BCUT2D eigenvalue weighted by atomic mass is 9.76. The molecule has 2 aromatic heterocycles. The quantitative estimate of drug-likeness (QED) is 0.425. The molecule has 186 valence electrons. The average Bonchev–Trinajstić information content (AvgIpc) is 3.39. The van der Waals surface area contributed by atoms with Crippen molar-refractivity contribution >= 4 is 16.9 Å². The van der Waals surface area contributed by atoms with Crippen LogP contribution in [-0.4, -0.2) is 37.4 Å². The maximum absolute atomic E-state index is 13.6. The van der Waals surface area contributed by atoms with Gasteiger partial charge in [0.1, 0.15) is 11.6 Å². The first-order valence-corrected chi connectivity index (χ1v) is 13.6. The van der Waals surface area contributed by atoms with Crippen LogP contribution in [0.25, 0.3) is 22.2 Å². The molecule has 0 radical (unpaired) electrons. The molecule has 2 atom stereocenters. The van der Waals surface area contributed by atoms with E-state index >= 15 is 0 Å². The van der Waals surface area contributed by atoms with Crippen LogP contribution in [0.3, 0.4) is 0 Å². The van der Waals surface area contributed by atoms with Crippen LogP contribution < -0.4 is 5.73 Å². The number of hydrogen-bond donors (Lipinski definition) is 1. The third-order valence-electron chi connectivity index (χ3n) is 9.49. The smallest absolute Gasteiger partial charge is 0.254 e. The maximum atomic E-state index is 13.6. The lowest BCUT2D eigenvalue weighted by molar-refractivity contribution is 0.0734. The molecule has 2 aliphatic heterocycles. The zero-order chi connectivity index (χ0) is 24.9. The van der Waals surface area contributed by atoms with E-state index in [2.05, 4.69) is 44.9 Å². The maximum Gasteiger partial charge on any atom is 0.254 e. The van der Waals surface area contributed by atoms with Crippen LogP contribution in [0.5, 0.6) is 0 Å². The largest absolute Gasteiger partial charge is 0.331 e. The Balaban J connectivity index is 1.27. The first-order chi connectivity index (χ1) is 18.0. The van der Waals surface area contributed by atoms with Gasteiger partial charge in [0.15, 0.2) is 0 Å². The van der Waals surface area contributed by atoms with Crippen molar-refractivity contribution in [3.63, 3.8) is 0 Å². The van der Waals surface area contributed by atoms with Gasteiger partial charge in [-0.15, -0.1) is 0 Å². The molecule has 0 unspecified atom stereocenters. The van der Waals surface area contributed by atoms with Gasteiger partial charge in [0, 0.05) is 37.0 Å². The number of aromatic nitrogens is 4. The topological polar surface area (TPSA) is 89.9 Å². The highest BCUT2D eigenvalue weighted by atomic mass is 16.2. The van der Waals surface area contributed by atoms with E-state index < -0.39 is 0 Å². The molecular formula is C30H30N6O. The van der Waals surface area contributed by atoms with Crippen molar-refractivity contribution in [1.82, 2.24) is 24.4 Å². The first-order valence-electron chi connectivity index (χ1n) is 13.6. The molecule has 2 saturated carbocycles. The van der Waals surface area contributed by atoms with E-state index in [4.69, 9.17) is 10.7 Å². The van der Waals surface area contributed by atoms with Crippen LogP contribution in [-0.2, 0) is 5.54 Å². The second-order valence-corrected chi connectivity index (χ2v) is 11.5. The van der Waals surface area contributed by atoms with Gasteiger partial charge in [-0.3, -0.25) is 4.79 Å². The third-order valence-corrected chi connectivity index (χ3v) is 9.49. The lowest BCUT2D eigenvalue weighted by Gasteiger charge is -2.36. The van der Waals surface area contributed by atoms with E-state index in [1.165, 1.54) is 30.4 Å². The van der Waals surface area contributed by atoms with Crippen molar-refractivity contribution in [2.75, 3.05) is 7.05 Å². The molecule has 4 aromatic rings. The number of nitrogens with two attached hydrogens (primary N) is 1. The van der Waals surface area contributed by atoms with E-state index in [0.717, 1.165) is 65.1 Å². The average molecular weight is 491 g/mol. The number of nitrogens with zero attached hydrogens (tertiary/aromatic N) is 5. The lowest BCUT2D eigenvalue weighted by Crippen LogP contribution is -2.44. The number of carbonyl (C=O) groups excluding carboxylic acids is 1. The predicted octanol–water partition coefficient (Wildman–Crippen LogP) is 5.22. The summed E-state index contributed by atoms with van der Waals surface area (Å²) in [5.74, 6) is 2.40. The van der Waals surface area contributed by atoms with Crippen LogP contribution in [0.1, 0.15) is 96.1 Å². The van der Waals surface area contributed by atoms with Crippen LogP contribution in [0.2, 0.25) is 0 Å². The molecule has 4 aliphatic rings. The Morgan fingerprint density at radius 1 is 1.00 bits per heavy atom. The summed E-state index contributed by atoms with van der Waals surface area (Å²) in [6.07, 6.45) is 11.4. The molecule has 0 saturated heterocycles. The number of carbonyl (C=O) groups is 1. The molecule has 1 amide bonds. The SMILES string of the molecule is CN1C(=O)c2cccc(C3CCC3)c2[C@H]2C[C@@H]1c1nc3ccc(-c4cnc(C5(N)CCC5)nc4)cc3n12. The highest BCUT2D eigenvalue weighted by Gasteiger charge is 2.45. The number of amides is 1. The van der Waals surface area contributed by atoms with Crippen LogP contribution in [0.4, 0.5) is 0 Å². The Kier molecular flexibility index (Phi) is 4.35. The van der Waals surface area contributed by atoms with Crippen molar-refractivity contribution in [2.45, 2.75) is 68.5 Å². The molecule has 2 bridgehead atoms. The Morgan fingerprint density at radius 3 is 2.51 bits per heavy atom. The summed E-state index contributed by atoms with van der Waals surface area (Å²) in [6.45, 7) is 0. The Morgan fingerprint density at radius 2 is 1.81 bits per heavy atom. The number of fused-ring (bicyclic) bond motifs is 9. The summed E-state index contributed by atoms with van der Waals surface area (Å²) in [4.78, 5) is 29.8. The fourth-order valence-corrected chi connectivity index (χ4v) is 6.92. The second kappa shape index (κ2) is 7.48.